The van der Waals surface area contributed by atoms with Gasteiger partial charge in [-0.2, -0.15) is 0 Å². The Morgan fingerprint density at radius 2 is 1.38 bits per heavy atom. The van der Waals surface area contributed by atoms with E-state index in [9.17, 15) is 8.42 Å². The molecule has 5 heteroatoms. The van der Waals surface area contributed by atoms with Gasteiger partial charge in [0.25, 0.3) is 0 Å². The van der Waals surface area contributed by atoms with Crippen molar-refractivity contribution < 1.29 is 13.3 Å². The Balaban J connectivity index is 4.40. The normalized spacial score (nSPS) is 14.6. The van der Waals surface area contributed by atoms with Gasteiger partial charge in [-0.3, -0.25) is 4.84 Å². The number of rotatable bonds is 2. The summed E-state index contributed by atoms with van der Waals surface area (Å²) in [7, 11) is -3.40. The van der Waals surface area contributed by atoms with Crippen molar-refractivity contribution in [1.82, 2.24) is 4.89 Å². The molecule has 0 rings (SSSR count). The van der Waals surface area contributed by atoms with E-state index in [1.165, 1.54) is 0 Å². The smallest absolute Gasteiger partial charge is 0.238 e. The molecule has 80 valence electrons. The maximum Gasteiger partial charge on any atom is 0.238 e. The maximum atomic E-state index is 11.5. The van der Waals surface area contributed by atoms with Gasteiger partial charge in [-0.05, 0) is 41.5 Å². The molecule has 0 aliphatic rings. The molecule has 0 aromatic carbocycles. The van der Waals surface area contributed by atoms with Gasteiger partial charge in [0.1, 0.15) is 0 Å². The molecule has 1 N–H and O–H groups in total. The van der Waals surface area contributed by atoms with Gasteiger partial charge in [0.05, 0.1) is 10.3 Å². The summed E-state index contributed by atoms with van der Waals surface area (Å²) >= 11 is 0. The lowest BCUT2D eigenvalue weighted by atomic mass is 10.2. The first-order valence-electron chi connectivity index (χ1n) is 4.15. The zero-order valence-corrected chi connectivity index (χ0v) is 9.95. The van der Waals surface area contributed by atoms with Crippen LogP contribution in [0.1, 0.15) is 41.5 Å². The van der Waals surface area contributed by atoms with Gasteiger partial charge >= 0.3 is 0 Å². The summed E-state index contributed by atoms with van der Waals surface area (Å²) in [4.78, 5) is 7.09. The van der Waals surface area contributed by atoms with Crippen molar-refractivity contribution in [3.63, 3.8) is 0 Å². The zero-order valence-electron chi connectivity index (χ0n) is 9.13. The molecule has 0 heterocycles. The predicted octanol–water partition coefficient (Wildman–Crippen LogP) is 1.43. The quantitative estimate of drug-likeness (QED) is 0.700. The van der Waals surface area contributed by atoms with Crippen molar-refractivity contribution in [2.75, 3.05) is 0 Å². The summed E-state index contributed by atoms with van der Waals surface area (Å²) in [5.74, 6) is 0. The van der Waals surface area contributed by atoms with Crippen LogP contribution in [0.2, 0.25) is 0 Å². The van der Waals surface area contributed by atoms with Crippen LogP contribution in [0.3, 0.4) is 0 Å². The summed E-state index contributed by atoms with van der Waals surface area (Å²) in [6.07, 6.45) is 0. The number of nitrogens with one attached hydrogen (secondary N) is 1. The monoisotopic (exact) mass is 209 g/mol. The topological polar surface area (TPSA) is 55.4 Å². The van der Waals surface area contributed by atoms with Crippen molar-refractivity contribution in [3.8, 4) is 0 Å². The van der Waals surface area contributed by atoms with Gasteiger partial charge < -0.3 is 0 Å². The third kappa shape index (κ3) is 4.59. The first-order valence-corrected chi connectivity index (χ1v) is 5.63. The van der Waals surface area contributed by atoms with E-state index in [0.29, 0.717) is 0 Å². The highest BCUT2D eigenvalue weighted by Gasteiger charge is 2.30. The molecule has 13 heavy (non-hydrogen) atoms. The molecular weight excluding hydrogens is 190 g/mol. The molecule has 0 amide bonds. The molecule has 0 aliphatic carbocycles. The van der Waals surface area contributed by atoms with E-state index in [1.807, 2.05) is 0 Å². The summed E-state index contributed by atoms with van der Waals surface area (Å²) in [5.41, 5.74) is -0.516. The fraction of sp³-hybridized carbons (Fsp3) is 1.00. The van der Waals surface area contributed by atoms with Crippen molar-refractivity contribution in [1.29, 1.82) is 0 Å². The third-order valence-electron chi connectivity index (χ3n) is 1.26. The summed E-state index contributed by atoms with van der Waals surface area (Å²) in [6, 6.07) is 0. The second-order valence-electron chi connectivity index (χ2n) is 4.91. The van der Waals surface area contributed by atoms with Gasteiger partial charge in [-0.15, -0.1) is 0 Å². The van der Waals surface area contributed by atoms with E-state index < -0.39 is 20.4 Å². The SMILES string of the molecule is CC(C)(C)ONS(=O)(=O)C(C)(C)C. The first-order chi connectivity index (χ1) is 5.46. The molecule has 0 aliphatic heterocycles. The van der Waals surface area contributed by atoms with E-state index in [4.69, 9.17) is 4.84 Å². The largest absolute Gasteiger partial charge is 0.281 e. The minimum atomic E-state index is -3.40. The molecule has 0 spiro atoms. The van der Waals surface area contributed by atoms with Crippen LogP contribution < -0.4 is 4.89 Å². The Hall–Kier alpha value is -0.130. The number of sulfonamides is 1. The molecule has 0 saturated heterocycles. The summed E-state index contributed by atoms with van der Waals surface area (Å²) in [6.45, 7) is 10.2. The Labute approximate surface area is 80.7 Å². The van der Waals surface area contributed by atoms with E-state index in [0.717, 1.165) is 0 Å². The second kappa shape index (κ2) is 3.55. The predicted molar refractivity (Wildman–Crippen MR) is 52.6 cm³/mol. The average molecular weight is 209 g/mol. The van der Waals surface area contributed by atoms with Crippen LogP contribution in [0.25, 0.3) is 0 Å². The van der Waals surface area contributed by atoms with Crippen molar-refractivity contribution in [3.05, 3.63) is 0 Å². The highest BCUT2D eigenvalue weighted by molar-refractivity contribution is 7.90. The van der Waals surface area contributed by atoms with Crippen molar-refractivity contribution in [2.45, 2.75) is 51.9 Å². The Bertz CT molecular complexity index is 256. The second-order valence-corrected chi connectivity index (χ2v) is 7.31. The van der Waals surface area contributed by atoms with E-state index in [1.54, 1.807) is 41.5 Å². The standard InChI is InChI=1S/C8H19NO3S/c1-7(2,3)12-9-13(10,11)8(4,5)6/h9H,1-6H3. The fourth-order valence-electron chi connectivity index (χ4n) is 0.305. The maximum absolute atomic E-state index is 11.5. The first kappa shape index (κ1) is 12.9. The highest BCUT2D eigenvalue weighted by atomic mass is 32.2. The van der Waals surface area contributed by atoms with Gasteiger partial charge in [-0.25, -0.2) is 8.42 Å². The van der Waals surface area contributed by atoms with E-state index in [-0.39, 0.29) is 0 Å². The van der Waals surface area contributed by atoms with Crippen LogP contribution in [-0.4, -0.2) is 18.8 Å². The molecule has 0 bridgehead atoms. The fourth-order valence-corrected chi connectivity index (χ4v) is 0.915. The van der Waals surface area contributed by atoms with Crippen LogP contribution in [0.4, 0.5) is 0 Å². The van der Waals surface area contributed by atoms with Crippen LogP contribution in [0, 0.1) is 0 Å². The number of hydrogen-bond donors (Lipinski definition) is 1. The van der Waals surface area contributed by atoms with Gasteiger partial charge in [0.2, 0.25) is 10.0 Å². The van der Waals surface area contributed by atoms with Crippen LogP contribution in [-0.2, 0) is 14.9 Å². The molecule has 4 nitrogen and oxygen atoms in total. The third-order valence-corrected chi connectivity index (χ3v) is 3.18. The van der Waals surface area contributed by atoms with Gasteiger partial charge in [-0.1, -0.05) is 4.89 Å². The Morgan fingerprint density at radius 1 is 1.00 bits per heavy atom. The highest BCUT2D eigenvalue weighted by Crippen LogP contribution is 2.14. The lowest BCUT2D eigenvalue weighted by Gasteiger charge is -2.24. The molecule has 0 radical (unpaired) electrons. The molecule has 0 saturated carbocycles. The van der Waals surface area contributed by atoms with Gasteiger partial charge in [0.15, 0.2) is 0 Å². The lowest BCUT2D eigenvalue weighted by molar-refractivity contribution is -0.0365. The summed E-state index contributed by atoms with van der Waals surface area (Å²) in [5, 5.41) is 0. The number of hydrogen-bond acceptors (Lipinski definition) is 3. The van der Waals surface area contributed by atoms with E-state index in [2.05, 4.69) is 4.89 Å². The Kier molecular flexibility index (Phi) is 3.52. The van der Waals surface area contributed by atoms with Crippen LogP contribution >= 0.6 is 0 Å². The molecule has 0 fully saturated rings. The minimum Gasteiger partial charge on any atom is -0.281 e. The molecule has 0 atom stereocenters. The molecule has 0 aromatic heterocycles. The molecule has 0 unspecified atom stereocenters. The molecular formula is C8H19NO3S. The average Bonchev–Trinajstić information content (AvgIpc) is 1.79. The zero-order chi connectivity index (χ0) is 10.9. The van der Waals surface area contributed by atoms with Crippen molar-refractivity contribution in [2.24, 2.45) is 0 Å². The minimum absolute atomic E-state index is 0.516. The van der Waals surface area contributed by atoms with Crippen molar-refractivity contribution >= 4 is 10.0 Å². The molecule has 0 aromatic rings. The summed E-state index contributed by atoms with van der Waals surface area (Å²) < 4.78 is 22.1. The lowest BCUT2D eigenvalue weighted by Crippen LogP contribution is -2.42. The van der Waals surface area contributed by atoms with Gasteiger partial charge in [0, 0.05) is 0 Å². The van der Waals surface area contributed by atoms with E-state index >= 15 is 0 Å². The van der Waals surface area contributed by atoms with Crippen LogP contribution in [0.15, 0.2) is 0 Å². The van der Waals surface area contributed by atoms with Crippen LogP contribution in [0.5, 0.6) is 0 Å². The Morgan fingerprint density at radius 3 is 1.62 bits per heavy atom.